The van der Waals surface area contributed by atoms with Crippen LogP contribution < -0.4 is 21.7 Å². The fraction of sp³-hybridized carbons (Fsp3) is 0.308. The summed E-state index contributed by atoms with van der Waals surface area (Å²) in [4.78, 5) is 22.4. The molecule has 1 aromatic carbocycles. The van der Waals surface area contributed by atoms with Gasteiger partial charge in [-0.1, -0.05) is 18.2 Å². The zero-order valence-corrected chi connectivity index (χ0v) is 11.9. The maximum Gasteiger partial charge on any atom is 0.242 e. The quantitative estimate of drug-likeness (QED) is 0.436. The summed E-state index contributed by atoms with van der Waals surface area (Å²) in [5.74, 6) is -0.343. The first-order valence-electron chi connectivity index (χ1n) is 6.15. The number of nitrogens with one attached hydrogen (secondary N) is 3. The summed E-state index contributed by atoms with van der Waals surface area (Å²) in [6, 6.07) is 8.10. The van der Waals surface area contributed by atoms with Gasteiger partial charge in [0.25, 0.3) is 0 Å². The van der Waals surface area contributed by atoms with Crippen molar-refractivity contribution in [2.24, 2.45) is 5.73 Å². The van der Waals surface area contributed by atoms with Crippen LogP contribution in [0.3, 0.4) is 0 Å². The van der Waals surface area contributed by atoms with E-state index in [1.807, 2.05) is 30.3 Å². The first-order chi connectivity index (χ1) is 9.56. The van der Waals surface area contributed by atoms with Gasteiger partial charge in [-0.25, -0.2) is 0 Å². The number of hydrogen-bond acceptors (Lipinski definition) is 4. The van der Waals surface area contributed by atoms with Crippen molar-refractivity contribution in [3.05, 3.63) is 30.3 Å². The SMILES string of the molecule is C[C@H](NC(=S)Nc1ccccc1)C(=O)N[C@H](C=O)CN. The molecule has 1 amide bonds. The Hall–Kier alpha value is -1.99. The molecule has 7 heteroatoms. The van der Waals surface area contributed by atoms with Gasteiger partial charge in [-0.2, -0.15) is 0 Å². The van der Waals surface area contributed by atoms with Crippen molar-refractivity contribution in [2.45, 2.75) is 19.0 Å². The zero-order chi connectivity index (χ0) is 15.0. The van der Waals surface area contributed by atoms with Crippen LogP contribution in [-0.2, 0) is 9.59 Å². The van der Waals surface area contributed by atoms with Crippen LogP contribution in [0.2, 0.25) is 0 Å². The predicted molar refractivity (Wildman–Crippen MR) is 82.3 cm³/mol. The molecule has 0 saturated carbocycles. The lowest BCUT2D eigenvalue weighted by Crippen LogP contribution is -2.51. The molecule has 6 nitrogen and oxygen atoms in total. The predicted octanol–water partition coefficient (Wildman–Crippen LogP) is 0.00390. The third-order valence-corrected chi connectivity index (χ3v) is 2.74. The second-order valence-electron chi connectivity index (χ2n) is 4.17. The lowest BCUT2D eigenvalue weighted by atomic mass is 10.2. The van der Waals surface area contributed by atoms with E-state index in [9.17, 15) is 9.59 Å². The van der Waals surface area contributed by atoms with Gasteiger partial charge in [0, 0.05) is 12.2 Å². The molecular formula is C13H18N4O2S. The number of rotatable bonds is 6. The number of benzene rings is 1. The fourth-order valence-electron chi connectivity index (χ4n) is 1.41. The smallest absolute Gasteiger partial charge is 0.242 e. The van der Waals surface area contributed by atoms with Gasteiger partial charge in [-0.05, 0) is 31.3 Å². The second kappa shape index (κ2) is 8.23. The Balaban J connectivity index is 2.45. The Bertz CT molecular complexity index is 467. The molecule has 0 radical (unpaired) electrons. The summed E-state index contributed by atoms with van der Waals surface area (Å²) in [5, 5.41) is 8.62. The molecule has 5 N–H and O–H groups in total. The van der Waals surface area contributed by atoms with Crippen LogP contribution >= 0.6 is 12.2 Å². The van der Waals surface area contributed by atoms with Crippen LogP contribution in [0, 0.1) is 0 Å². The van der Waals surface area contributed by atoms with E-state index in [4.69, 9.17) is 18.0 Å². The average molecular weight is 294 g/mol. The Morgan fingerprint density at radius 3 is 2.55 bits per heavy atom. The highest BCUT2D eigenvalue weighted by molar-refractivity contribution is 7.80. The van der Waals surface area contributed by atoms with Gasteiger partial charge in [-0.15, -0.1) is 0 Å². The lowest BCUT2D eigenvalue weighted by Gasteiger charge is -2.18. The van der Waals surface area contributed by atoms with Crippen molar-refractivity contribution in [2.75, 3.05) is 11.9 Å². The van der Waals surface area contributed by atoms with Gasteiger partial charge >= 0.3 is 0 Å². The molecule has 0 fully saturated rings. The largest absolute Gasteiger partial charge is 0.351 e. The molecule has 0 spiro atoms. The molecule has 0 aliphatic rings. The average Bonchev–Trinajstić information content (AvgIpc) is 2.45. The molecule has 2 atom stereocenters. The lowest BCUT2D eigenvalue weighted by molar-refractivity contribution is -0.125. The molecule has 1 rings (SSSR count). The van der Waals surface area contributed by atoms with Crippen LogP contribution in [0.1, 0.15) is 6.92 Å². The van der Waals surface area contributed by atoms with Crippen LogP contribution in [0.15, 0.2) is 30.3 Å². The van der Waals surface area contributed by atoms with Crippen LogP contribution in [0.5, 0.6) is 0 Å². The number of aldehydes is 1. The minimum absolute atomic E-state index is 0.0642. The van der Waals surface area contributed by atoms with Crippen LogP contribution in [0.4, 0.5) is 5.69 Å². The number of para-hydroxylation sites is 1. The maximum absolute atomic E-state index is 11.8. The topological polar surface area (TPSA) is 96.2 Å². The highest BCUT2D eigenvalue weighted by Gasteiger charge is 2.17. The molecule has 0 heterocycles. The van der Waals surface area contributed by atoms with E-state index in [1.165, 1.54) is 0 Å². The number of amides is 1. The minimum Gasteiger partial charge on any atom is -0.351 e. The van der Waals surface area contributed by atoms with E-state index < -0.39 is 12.1 Å². The number of hydrogen-bond donors (Lipinski definition) is 4. The third kappa shape index (κ3) is 5.33. The van der Waals surface area contributed by atoms with Crippen LogP contribution in [-0.4, -0.2) is 35.9 Å². The van der Waals surface area contributed by atoms with Crippen molar-refractivity contribution in [3.63, 3.8) is 0 Å². The van der Waals surface area contributed by atoms with Gasteiger partial charge in [0.1, 0.15) is 12.3 Å². The zero-order valence-electron chi connectivity index (χ0n) is 11.1. The molecule has 0 bridgehead atoms. The highest BCUT2D eigenvalue weighted by atomic mass is 32.1. The maximum atomic E-state index is 11.8. The van der Waals surface area contributed by atoms with Crippen molar-refractivity contribution in [1.29, 1.82) is 0 Å². The van der Waals surface area contributed by atoms with Gasteiger partial charge in [-0.3, -0.25) is 4.79 Å². The summed E-state index contributed by atoms with van der Waals surface area (Å²) in [7, 11) is 0. The standard InChI is InChI=1S/C13H18N4O2S/c1-9(12(19)16-11(7-14)8-18)15-13(20)17-10-5-3-2-4-6-10/h2-6,8-9,11H,7,14H2,1H3,(H,16,19)(H2,15,17,20)/t9-,11-/m0/s1. The number of carbonyl (C=O) groups is 2. The van der Waals surface area contributed by atoms with E-state index in [-0.39, 0.29) is 12.5 Å². The van der Waals surface area contributed by atoms with Crippen molar-refractivity contribution in [3.8, 4) is 0 Å². The van der Waals surface area contributed by atoms with Crippen molar-refractivity contribution in [1.82, 2.24) is 10.6 Å². The third-order valence-electron chi connectivity index (χ3n) is 2.52. The summed E-state index contributed by atoms with van der Waals surface area (Å²) < 4.78 is 0. The normalized spacial score (nSPS) is 12.9. The van der Waals surface area contributed by atoms with Crippen LogP contribution in [0.25, 0.3) is 0 Å². The molecule has 1 aromatic rings. The van der Waals surface area contributed by atoms with E-state index in [1.54, 1.807) is 6.92 Å². The van der Waals surface area contributed by atoms with Gasteiger partial charge in [0.05, 0.1) is 6.04 Å². The minimum atomic E-state index is -0.678. The summed E-state index contributed by atoms with van der Waals surface area (Å²) >= 11 is 5.11. The fourth-order valence-corrected chi connectivity index (χ4v) is 1.70. The Morgan fingerprint density at radius 1 is 1.35 bits per heavy atom. The Morgan fingerprint density at radius 2 is 2.00 bits per heavy atom. The molecule has 0 unspecified atom stereocenters. The van der Waals surface area contributed by atoms with E-state index in [0.29, 0.717) is 11.4 Å². The van der Waals surface area contributed by atoms with Gasteiger partial charge in [0.15, 0.2) is 5.11 Å². The van der Waals surface area contributed by atoms with E-state index in [0.717, 1.165) is 5.69 Å². The molecule has 0 aliphatic carbocycles. The molecule has 20 heavy (non-hydrogen) atoms. The number of thiocarbonyl (C=S) groups is 1. The number of carbonyl (C=O) groups excluding carboxylic acids is 2. The molecule has 0 aromatic heterocycles. The molecular weight excluding hydrogens is 276 g/mol. The monoisotopic (exact) mass is 294 g/mol. The Labute approximate surface area is 123 Å². The second-order valence-corrected chi connectivity index (χ2v) is 4.58. The highest BCUT2D eigenvalue weighted by Crippen LogP contribution is 2.04. The first kappa shape index (κ1) is 16.1. The summed E-state index contributed by atoms with van der Waals surface area (Å²) in [6.45, 7) is 1.71. The summed E-state index contributed by atoms with van der Waals surface area (Å²) in [6.07, 6.45) is 0.602. The number of nitrogens with two attached hydrogens (primary N) is 1. The van der Waals surface area contributed by atoms with Crippen molar-refractivity contribution < 1.29 is 9.59 Å². The Kier molecular flexibility index (Phi) is 6.61. The summed E-state index contributed by atoms with van der Waals surface area (Å²) in [5.41, 5.74) is 6.16. The molecule has 0 saturated heterocycles. The van der Waals surface area contributed by atoms with Gasteiger partial charge in [0.2, 0.25) is 5.91 Å². The number of anilines is 1. The molecule has 0 aliphatic heterocycles. The first-order valence-corrected chi connectivity index (χ1v) is 6.56. The van der Waals surface area contributed by atoms with E-state index >= 15 is 0 Å². The molecule has 108 valence electrons. The van der Waals surface area contributed by atoms with Crippen molar-refractivity contribution >= 4 is 35.2 Å². The van der Waals surface area contributed by atoms with E-state index in [2.05, 4.69) is 16.0 Å². The van der Waals surface area contributed by atoms with Gasteiger partial charge < -0.3 is 26.5 Å².